The van der Waals surface area contributed by atoms with Crippen molar-refractivity contribution in [3.05, 3.63) is 75.8 Å². The predicted octanol–water partition coefficient (Wildman–Crippen LogP) is 12.5. The minimum atomic E-state index is -1.73. The fourth-order valence-corrected chi connectivity index (χ4v) is 6.83. The van der Waals surface area contributed by atoms with Crippen LogP contribution in [0.2, 0.25) is 0 Å². The highest BCUT2D eigenvalue weighted by atomic mass is 31.1. The van der Waals surface area contributed by atoms with Crippen molar-refractivity contribution in [1.29, 1.82) is 0 Å². The lowest BCUT2D eigenvalue weighted by Crippen LogP contribution is -2.17. The average molecular weight is 647 g/mol. The van der Waals surface area contributed by atoms with E-state index >= 15 is 0 Å². The number of hydrogen-bond donors (Lipinski definition) is 1. The maximum absolute atomic E-state index is 10.4. The number of hydrogen-bond acceptors (Lipinski definition) is 4. The molecule has 0 unspecified atom stereocenters. The Morgan fingerprint density at radius 2 is 0.957 bits per heavy atom. The minimum absolute atomic E-state index is 0.0364. The lowest BCUT2D eigenvalue weighted by atomic mass is 9.77. The van der Waals surface area contributed by atoms with Crippen LogP contribution in [-0.4, -0.2) is 11.7 Å². The van der Waals surface area contributed by atoms with Gasteiger partial charge in [0.2, 0.25) is 0 Å². The first kappa shape index (κ1) is 36.2. The number of rotatable bonds is 5. The zero-order valence-electron chi connectivity index (χ0n) is 31.3. The molecule has 3 aromatic carbocycles. The average Bonchev–Trinajstić information content (AvgIpc) is 3.03. The highest BCUT2D eigenvalue weighted by Gasteiger charge is 2.29. The highest BCUT2D eigenvalue weighted by molar-refractivity contribution is 7.31. The van der Waals surface area contributed by atoms with E-state index in [-0.39, 0.29) is 27.1 Å². The van der Waals surface area contributed by atoms with Gasteiger partial charge in [0, 0.05) is 21.9 Å². The topological polar surface area (TPSA) is 55.7 Å². The van der Waals surface area contributed by atoms with Gasteiger partial charge in [-0.25, -0.2) is 0 Å². The molecule has 0 amide bonds. The van der Waals surface area contributed by atoms with Gasteiger partial charge in [-0.3, -0.25) is 4.52 Å². The lowest BCUT2D eigenvalue weighted by molar-refractivity contribution is 0.363. The van der Waals surface area contributed by atoms with Crippen LogP contribution < -0.4 is 4.52 Å². The maximum atomic E-state index is 10.4. The zero-order valence-corrected chi connectivity index (χ0v) is 32.2. The molecule has 4 rings (SSSR count). The van der Waals surface area contributed by atoms with Crippen LogP contribution in [-0.2, 0) is 33.5 Å². The Morgan fingerprint density at radius 1 is 0.543 bits per heavy atom. The Balaban J connectivity index is 1.95. The van der Waals surface area contributed by atoms with E-state index in [1.165, 1.54) is 11.1 Å². The molecule has 0 spiro atoms. The summed E-state index contributed by atoms with van der Waals surface area (Å²) in [5.74, 6) is 0.310. The van der Waals surface area contributed by atoms with E-state index in [1.54, 1.807) is 0 Å². The van der Waals surface area contributed by atoms with Crippen LogP contribution in [0.4, 0.5) is 0 Å². The monoisotopic (exact) mass is 646 g/mol. The van der Waals surface area contributed by atoms with Gasteiger partial charge in [0.1, 0.15) is 16.9 Å². The van der Waals surface area contributed by atoms with E-state index < -0.39 is 8.24 Å². The van der Waals surface area contributed by atoms with E-state index in [0.29, 0.717) is 12.4 Å². The smallest absolute Gasteiger partial charge is 0.387 e. The molecule has 252 valence electrons. The third-order valence-corrected chi connectivity index (χ3v) is 9.85. The number of phenolic OH excluding ortho intramolecular Hbond substituents is 1. The van der Waals surface area contributed by atoms with Crippen LogP contribution in [0.25, 0.3) is 21.9 Å². The fraction of sp³-hybridized carbons (Fsp3) is 0.561. The van der Waals surface area contributed by atoms with Crippen LogP contribution >= 0.6 is 8.24 Å². The second kappa shape index (κ2) is 12.4. The molecule has 0 bridgehead atoms. The Morgan fingerprint density at radius 3 is 1.35 bits per heavy atom. The van der Waals surface area contributed by atoms with E-state index in [1.807, 2.05) is 12.1 Å². The van der Waals surface area contributed by atoms with Crippen molar-refractivity contribution in [2.75, 3.05) is 6.61 Å². The lowest BCUT2D eigenvalue weighted by Gasteiger charge is -2.27. The largest absolute Gasteiger partial charge is 0.508 e. The first-order valence-corrected chi connectivity index (χ1v) is 18.0. The van der Waals surface area contributed by atoms with Gasteiger partial charge in [0.25, 0.3) is 0 Å². The van der Waals surface area contributed by atoms with Crippen LogP contribution in [0.5, 0.6) is 5.75 Å². The van der Waals surface area contributed by atoms with Gasteiger partial charge in [-0.05, 0) is 86.4 Å². The summed E-state index contributed by atoms with van der Waals surface area (Å²) < 4.78 is 20.3. The van der Waals surface area contributed by atoms with Gasteiger partial charge in [0.15, 0.2) is 0 Å². The van der Waals surface area contributed by atoms with Crippen molar-refractivity contribution < 1.29 is 18.0 Å². The van der Waals surface area contributed by atoms with Crippen molar-refractivity contribution in [2.45, 2.75) is 144 Å². The molecule has 1 heterocycles. The van der Waals surface area contributed by atoms with Crippen LogP contribution in [0.1, 0.15) is 144 Å². The van der Waals surface area contributed by atoms with Gasteiger partial charge in [-0.1, -0.05) is 122 Å². The van der Waals surface area contributed by atoms with Crippen LogP contribution in [0.3, 0.4) is 0 Å². The minimum Gasteiger partial charge on any atom is -0.508 e. The number of fused-ring (bicyclic) bond motifs is 3. The van der Waals surface area contributed by atoms with Crippen molar-refractivity contribution in [1.82, 2.24) is 0 Å². The molecule has 0 aliphatic carbocycles. The Bertz CT molecular complexity index is 1660. The van der Waals surface area contributed by atoms with Gasteiger partial charge < -0.3 is 13.5 Å². The van der Waals surface area contributed by atoms with Crippen molar-refractivity contribution >= 4 is 30.2 Å². The van der Waals surface area contributed by atoms with Crippen molar-refractivity contribution in [2.24, 2.45) is 0 Å². The predicted molar refractivity (Wildman–Crippen MR) is 198 cm³/mol. The molecule has 1 aromatic heterocycles. The molecular weight excluding hydrogens is 587 g/mol. The van der Waals surface area contributed by atoms with Gasteiger partial charge in [-0.15, -0.1) is 0 Å². The summed E-state index contributed by atoms with van der Waals surface area (Å²) in [6.07, 6.45) is 1.57. The molecule has 5 heteroatoms. The molecule has 46 heavy (non-hydrogen) atoms. The number of aromatic hydroxyl groups is 1. The summed E-state index contributed by atoms with van der Waals surface area (Å²) in [4.78, 5) is 0. The number of benzene rings is 3. The van der Waals surface area contributed by atoms with E-state index in [2.05, 4.69) is 134 Å². The third-order valence-electron chi connectivity index (χ3n) is 8.80. The van der Waals surface area contributed by atoms with Crippen molar-refractivity contribution in [3.8, 4) is 5.75 Å². The summed E-state index contributed by atoms with van der Waals surface area (Å²) >= 11 is 0. The summed E-state index contributed by atoms with van der Waals surface area (Å²) in [6.45, 7) is 34.1. The van der Waals surface area contributed by atoms with E-state index in [4.69, 9.17) is 12.9 Å². The molecule has 0 fully saturated rings. The van der Waals surface area contributed by atoms with Gasteiger partial charge in [-0.2, -0.15) is 0 Å². The van der Waals surface area contributed by atoms with Crippen molar-refractivity contribution in [3.63, 3.8) is 0 Å². The molecule has 1 N–H and O–H groups in total. The van der Waals surface area contributed by atoms with E-state index in [9.17, 15) is 5.11 Å². The molecule has 4 nitrogen and oxygen atoms in total. The molecule has 0 saturated heterocycles. The Kier molecular flexibility index (Phi) is 9.75. The maximum Gasteiger partial charge on any atom is 0.387 e. The Hall–Kier alpha value is -2.68. The fourth-order valence-electron chi connectivity index (χ4n) is 5.72. The van der Waals surface area contributed by atoms with Crippen LogP contribution in [0.15, 0.2) is 50.9 Å². The number of aryl methyl sites for hydroxylation is 1. The molecule has 0 radical (unpaired) electrons. The zero-order chi connectivity index (χ0) is 34.6. The second-order valence-electron chi connectivity index (χ2n) is 18.3. The first-order chi connectivity index (χ1) is 20.9. The molecule has 0 aliphatic rings. The summed E-state index contributed by atoms with van der Waals surface area (Å²) in [6, 6.07) is 15.2. The Labute approximate surface area is 279 Å². The molecule has 0 atom stereocenters. The molecule has 0 aliphatic heterocycles. The first-order valence-electron chi connectivity index (χ1n) is 16.9. The second-order valence-corrected chi connectivity index (χ2v) is 19.4. The SMILES string of the molecule is CC(C)(C)c1cc(O)cc(CCCOp2oc3c(C(C)(C)C)cc(C(C)(C)C)cc3c3cc(C(C)(C)C)cc(C(C)(C)C)c3o2)c1. The number of phenols is 1. The van der Waals surface area contributed by atoms with Gasteiger partial charge >= 0.3 is 8.24 Å². The summed E-state index contributed by atoms with van der Waals surface area (Å²) in [7, 11) is -1.73. The van der Waals surface area contributed by atoms with E-state index in [0.717, 1.165) is 57.0 Å². The quantitative estimate of drug-likeness (QED) is 0.219. The highest BCUT2D eigenvalue weighted by Crippen LogP contribution is 2.45. The third kappa shape index (κ3) is 8.23. The molecule has 0 saturated carbocycles. The standard InChI is InChI=1S/C41H59O4P/c1-37(2,3)27-19-26(20-30(42)21-27)17-16-18-43-46-44-35-31(22-28(38(4,5)6)24-33(35)40(10,11)12)32-23-29(39(7,8)9)25-34(36(32)45-46)41(13,14)15/h19-25,42H,16-18H2,1-15H3. The summed E-state index contributed by atoms with van der Waals surface area (Å²) in [5, 5.41) is 12.5. The molecular formula is C41H59O4P. The molecule has 4 aromatic rings. The normalized spacial score (nSPS) is 13.5. The summed E-state index contributed by atoms with van der Waals surface area (Å²) in [5.41, 5.74) is 8.38. The van der Waals surface area contributed by atoms with Gasteiger partial charge in [0.05, 0.1) is 6.61 Å². The van der Waals surface area contributed by atoms with Crippen LogP contribution in [0, 0.1) is 0 Å².